The molecule has 0 saturated heterocycles. The van der Waals surface area contributed by atoms with E-state index in [-0.39, 0.29) is 5.91 Å². The van der Waals surface area contributed by atoms with Crippen molar-refractivity contribution in [3.63, 3.8) is 0 Å². The average molecular weight is 389 g/mol. The van der Waals surface area contributed by atoms with Gasteiger partial charge in [-0.3, -0.25) is 4.79 Å². The number of benzene rings is 2. The molecule has 1 N–H and O–H groups in total. The standard InChI is InChI=1S/C24H28N4O/c1-16(2)20-12-9-13-21(17(3)4)22(20)27-24-25-14-18(15-26-24)23(29)28(5)19-10-7-6-8-11-19/h6-17H,1-5H3,(H,25,26,27). The summed E-state index contributed by atoms with van der Waals surface area (Å²) < 4.78 is 0. The number of carbonyl (C=O) groups excluding carboxylic acids is 1. The van der Waals surface area contributed by atoms with Crippen LogP contribution in [0, 0.1) is 0 Å². The molecule has 0 atom stereocenters. The molecule has 3 aromatic rings. The van der Waals surface area contributed by atoms with Gasteiger partial charge in [-0.25, -0.2) is 9.97 Å². The van der Waals surface area contributed by atoms with Crippen molar-refractivity contribution >= 4 is 23.2 Å². The van der Waals surface area contributed by atoms with E-state index in [1.54, 1.807) is 24.3 Å². The van der Waals surface area contributed by atoms with Crippen LogP contribution in [-0.4, -0.2) is 22.9 Å². The first kappa shape index (κ1) is 20.5. The highest BCUT2D eigenvalue weighted by molar-refractivity contribution is 6.05. The minimum atomic E-state index is -0.145. The van der Waals surface area contributed by atoms with Gasteiger partial charge in [0.15, 0.2) is 0 Å². The third-order valence-corrected chi connectivity index (χ3v) is 4.96. The molecule has 1 heterocycles. The number of nitrogens with zero attached hydrogens (tertiary/aromatic N) is 3. The van der Waals surface area contributed by atoms with E-state index in [0.29, 0.717) is 23.3 Å². The van der Waals surface area contributed by atoms with Gasteiger partial charge in [0, 0.05) is 30.8 Å². The zero-order valence-electron chi connectivity index (χ0n) is 17.7. The fourth-order valence-corrected chi connectivity index (χ4v) is 3.27. The topological polar surface area (TPSA) is 58.1 Å². The lowest BCUT2D eigenvalue weighted by atomic mass is 9.93. The van der Waals surface area contributed by atoms with Crippen molar-refractivity contribution in [3.8, 4) is 0 Å². The predicted octanol–water partition coefficient (Wildman–Crippen LogP) is 5.74. The summed E-state index contributed by atoms with van der Waals surface area (Å²) in [5, 5.41) is 3.38. The number of anilines is 3. The summed E-state index contributed by atoms with van der Waals surface area (Å²) in [6.45, 7) is 8.69. The largest absolute Gasteiger partial charge is 0.324 e. The molecule has 29 heavy (non-hydrogen) atoms. The first-order chi connectivity index (χ1) is 13.9. The third-order valence-electron chi connectivity index (χ3n) is 4.96. The number of hydrogen-bond donors (Lipinski definition) is 1. The van der Waals surface area contributed by atoms with Gasteiger partial charge in [0.1, 0.15) is 0 Å². The number of amides is 1. The summed E-state index contributed by atoms with van der Waals surface area (Å²) in [6, 6.07) is 15.9. The summed E-state index contributed by atoms with van der Waals surface area (Å²) in [7, 11) is 1.75. The molecule has 3 rings (SSSR count). The molecular formula is C24H28N4O. The molecule has 0 saturated carbocycles. The van der Waals surface area contributed by atoms with Gasteiger partial charge in [0.2, 0.25) is 5.95 Å². The van der Waals surface area contributed by atoms with Crippen molar-refractivity contribution < 1.29 is 4.79 Å². The molecule has 0 aliphatic heterocycles. The number of nitrogens with one attached hydrogen (secondary N) is 1. The Morgan fingerprint density at radius 3 is 1.93 bits per heavy atom. The van der Waals surface area contributed by atoms with Crippen molar-refractivity contribution in [2.24, 2.45) is 0 Å². The van der Waals surface area contributed by atoms with Crippen LogP contribution < -0.4 is 10.2 Å². The lowest BCUT2D eigenvalue weighted by molar-refractivity contribution is 0.0992. The third kappa shape index (κ3) is 4.62. The smallest absolute Gasteiger partial charge is 0.261 e. The van der Waals surface area contributed by atoms with Gasteiger partial charge in [-0.2, -0.15) is 0 Å². The molecule has 0 bridgehead atoms. The lowest BCUT2D eigenvalue weighted by Crippen LogP contribution is -2.26. The van der Waals surface area contributed by atoms with Crippen LogP contribution in [0.4, 0.5) is 17.3 Å². The van der Waals surface area contributed by atoms with Gasteiger partial charge < -0.3 is 10.2 Å². The summed E-state index contributed by atoms with van der Waals surface area (Å²) in [5.74, 6) is 1.08. The van der Waals surface area contributed by atoms with Gasteiger partial charge >= 0.3 is 0 Å². The van der Waals surface area contributed by atoms with E-state index in [0.717, 1.165) is 11.4 Å². The zero-order chi connectivity index (χ0) is 21.0. The van der Waals surface area contributed by atoms with E-state index in [9.17, 15) is 4.79 Å². The van der Waals surface area contributed by atoms with E-state index in [4.69, 9.17) is 0 Å². The second kappa shape index (κ2) is 8.86. The SMILES string of the molecule is CC(C)c1cccc(C(C)C)c1Nc1ncc(C(=O)N(C)c2ccccc2)cn1. The summed E-state index contributed by atoms with van der Waals surface area (Å²) in [5.41, 5.74) is 4.78. The summed E-state index contributed by atoms with van der Waals surface area (Å²) in [6.07, 6.45) is 3.15. The average Bonchev–Trinajstić information content (AvgIpc) is 2.73. The van der Waals surface area contributed by atoms with Crippen LogP contribution in [-0.2, 0) is 0 Å². The number of aromatic nitrogens is 2. The van der Waals surface area contributed by atoms with Gasteiger partial charge in [0.05, 0.1) is 5.56 Å². The monoisotopic (exact) mass is 388 g/mol. The molecule has 0 aliphatic carbocycles. The van der Waals surface area contributed by atoms with Gasteiger partial charge in [0.25, 0.3) is 5.91 Å². The Morgan fingerprint density at radius 2 is 1.41 bits per heavy atom. The molecule has 1 amide bonds. The molecule has 150 valence electrons. The van der Waals surface area contributed by atoms with E-state index < -0.39 is 0 Å². The minimum absolute atomic E-state index is 0.145. The van der Waals surface area contributed by atoms with Crippen LogP contribution in [0.25, 0.3) is 0 Å². The Bertz CT molecular complexity index is 940. The maximum atomic E-state index is 12.7. The normalized spacial score (nSPS) is 11.0. The summed E-state index contributed by atoms with van der Waals surface area (Å²) >= 11 is 0. The van der Waals surface area contributed by atoms with Crippen molar-refractivity contribution in [2.45, 2.75) is 39.5 Å². The second-order valence-corrected chi connectivity index (χ2v) is 7.74. The Kier molecular flexibility index (Phi) is 6.27. The van der Waals surface area contributed by atoms with Crippen molar-refractivity contribution in [1.29, 1.82) is 0 Å². The van der Waals surface area contributed by atoms with Gasteiger partial charge in [-0.1, -0.05) is 64.1 Å². The van der Waals surface area contributed by atoms with Crippen molar-refractivity contribution in [3.05, 3.63) is 77.6 Å². The predicted molar refractivity (Wildman–Crippen MR) is 119 cm³/mol. The maximum Gasteiger partial charge on any atom is 0.261 e. The van der Waals surface area contributed by atoms with Crippen LogP contribution in [0.15, 0.2) is 60.9 Å². The Balaban J connectivity index is 1.84. The first-order valence-electron chi connectivity index (χ1n) is 9.93. The fourth-order valence-electron chi connectivity index (χ4n) is 3.27. The molecule has 0 aliphatic rings. The Morgan fingerprint density at radius 1 is 0.862 bits per heavy atom. The quantitative estimate of drug-likeness (QED) is 0.585. The Labute approximate surface area is 172 Å². The van der Waals surface area contributed by atoms with Crippen molar-refractivity contribution in [2.75, 3.05) is 17.3 Å². The highest BCUT2D eigenvalue weighted by Gasteiger charge is 2.17. The molecular weight excluding hydrogens is 360 g/mol. The summed E-state index contributed by atoms with van der Waals surface area (Å²) in [4.78, 5) is 23.1. The molecule has 0 radical (unpaired) electrons. The van der Waals surface area contributed by atoms with Gasteiger partial charge in [-0.05, 0) is 35.1 Å². The Hall–Kier alpha value is -3.21. The van der Waals surface area contributed by atoms with E-state index >= 15 is 0 Å². The minimum Gasteiger partial charge on any atom is -0.324 e. The molecule has 0 spiro atoms. The van der Waals surface area contributed by atoms with Crippen LogP contribution in [0.2, 0.25) is 0 Å². The van der Waals surface area contributed by atoms with E-state index in [2.05, 4.69) is 61.2 Å². The number of carbonyl (C=O) groups is 1. The number of rotatable bonds is 6. The van der Waals surface area contributed by atoms with Gasteiger partial charge in [-0.15, -0.1) is 0 Å². The van der Waals surface area contributed by atoms with Crippen LogP contribution >= 0.6 is 0 Å². The molecule has 2 aromatic carbocycles. The van der Waals surface area contributed by atoms with E-state index in [1.807, 2.05) is 30.3 Å². The van der Waals surface area contributed by atoms with Crippen LogP contribution in [0.3, 0.4) is 0 Å². The zero-order valence-corrected chi connectivity index (χ0v) is 17.7. The fraction of sp³-hybridized carbons (Fsp3) is 0.292. The van der Waals surface area contributed by atoms with E-state index in [1.165, 1.54) is 11.1 Å². The van der Waals surface area contributed by atoms with Crippen LogP contribution in [0.5, 0.6) is 0 Å². The number of hydrogen-bond acceptors (Lipinski definition) is 4. The first-order valence-corrected chi connectivity index (χ1v) is 9.93. The van der Waals surface area contributed by atoms with Crippen molar-refractivity contribution in [1.82, 2.24) is 9.97 Å². The molecule has 0 unspecified atom stereocenters. The molecule has 5 heteroatoms. The van der Waals surface area contributed by atoms with Crippen LogP contribution in [0.1, 0.15) is 61.0 Å². The lowest BCUT2D eigenvalue weighted by Gasteiger charge is -2.20. The highest BCUT2D eigenvalue weighted by atomic mass is 16.2. The second-order valence-electron chi connectivity index (χ2n) is 7.74. The molecule has 5 nitrogen and oxygen atoms in total. The molecule has 0 fully saturated rings. The molecule has 1 aromatic heterocycles. The maximum absolute atomic E-state index is 12.7. The highest BCUT2D eigenvalue weighted by Crippen LogP contribution is 2.33. The number of para-hydroxylation sites is 2.